The van der Waals surface area contributed by atoms with Crippen LogP contribution in [-0.4, -0.2) is 32.8 Å². The van der Waals surface area contributed by atoms with E-state index in [9.17, 15) is 9.13 Å². The molecule has 0 N–H and O–H groups in total. The lowest BCUT2D eigenvalue weighted by Crippen LogP contribution is -1.80. The molecule has 0 saturated carbocycles. The van der Waals surface area contributed by atoms with Crippen LogP contribution in [0.5, 0.6) is 0 Å². The van der Waals surface area contributed by atoms with Crippen LogP contribution in [0.1, 0.15) is 13.3 Å². The lowest BCUT2D eigenvalue weighted by molar-refractivity contribution is 0.581. The van der Waals surface area contributed by atoms with Crippen LogP contribution >= 0.6 is 14.3 Å². The molecule has 0 spiro atoms. The van der Waals surface area contributed by atoms with Gasteiger partial charge in [-0.3, -0.25) is 0 Å². The van der Waals surface area contributed by atoms with Gasteiger partial charge < -0.3 is 9.13 Å². The van der Waals surface area contributed by atoms with Crippen molar-refractivity contribution in [1.82, 2.24) is 0 Å². The fourth-order valence-corrected chi connectivity index (χ4v) is 1.62. The molecule has 0 aliphatic rings. The van der Waals surface area contributed by atoms with Gasteiger partial charge in [0.05, 0.1) is 7.14 Å². The molecule has 0 aliphatic heterocycles. The van der Waals surface area contributed by atoms with Crippen molar-refractivity contribution in [3.63, 3.8) is 0 Å². The summed E-state index contributed by atoms with van der Waals surface area (Å²) in [5.74, 6) is 1.49. The van der Waals surface area contributed by atoms with Gasteiger partial charge in [0.2, 0.25) is 0 Å². The summed E-state index contributed by atoms with van der Waals surface area (Å²) < 4.78 is 21.3. The summed E-state index contributed by atoms with van der Waals surface area (Å²) in [7, 11) is -3.55. The minimum Gasteiger partial charge on any atom is -0.324 e. The van der Waals surface area contributed by atoms with E-state index < -0.39 is 14.3 Å². The zero-order chi connectivity index (χ0) is 11.1. The Morgan fingerprint density at radius 3 is 1.46 bits per heavy atom. The monoisotopic (exact) mass is 224 g/mol. The van der Waals surface area contributed by atoms with Gasteiger partial charge in [-0.25, -0.2) is 0 Å². The van der Waals surface area contributed by atoms with Gasteiger partial charge in [-0.05, 0) is 38.9 Å². The van der Waals surface area contributed by atoms with Gasteiger partial charge in [0.15, 0.2) is 0 Å². The first kappa shape index (κ1) is 15.7. The number of rotatable bonds is 3. The van der Waals surface area contributed by atoms with Crippen LogP contribution in [0.15, 0.2) is 12.4 Å². The third-order valence-corrected chi connectivity index (χ3v) is 3.61. The second-order valence-electron chi connectivity index (χ2n) is 3.91. The molecule has 0 fully saturated rings. The SMILES string of the molecule is C=CP(C)(C)=O.CCCP(C)(C)=O. The number of hydrogen-bond donors (Lipinski definition) is 0. The van der Waals surface area contributed by atoms with Crippen molar-refractivity contribution in [3.8, 4) is 0 Å². The molecule has 0 aromatic rings. The highest BCUT2D eigenvalue weighted by Crippen LogP contribution is 2.36. The fourth-order valence-electron chi connectivity index (χ4n) is 0.539. The summed E-state index contributed by atoms with van der Waals surface area (Å²) in [4.78, 5) is 0. The van der Waals surface area contributed by atoms with Crippen molar-refractivity contribution >= 4 is 14.3 Å². The Morgan fingerprint density at radius 1 is 1.15 bits per heavy atom. The first-order valence-electron chi connectivity index (χ1n) is 4.34. The Balaban J connectivity index is 0. The van der Waals surface area contributed by atoms with Crippen molar-refractivity contribution in [1.29, 1.82) is 0 Å². The Morgan fingerprint density at radius 2 is 1.46 bits per heavy atom. The van der Waals surface area contributed by atoms with Gasteiger partial charge in [0.1, 0.15) is 7.14 Å². The van der Waals surface area contributed by atoms with E-state index in [1.807, 2.05) is 13.3 Å². The quantitative estimate of drug-likeness (QED) is 0.684. The minimum absolute atomic E-state index is 0.896. The smallest absolute Gasteiger partial charge is 0.102 e. The molecule has 0 radical (unpaired) electrons. The average Bonchev–Trinajstić information content (AvgIpc) is 1.84. The predicted octanol–water partition coefficient (Wildman–Crippen LogP) is 3.77. The van der Waals surface area contributed by atoms with Crippen molar-refractivity contribution in [2.75, 3.05) is 32.8 Å². The Bertz CT molecular complexity index is 222. The Kier molecular flexibility index (Phi) is 7.98. The van der Waals surface area contributed by atoms with Gasteiger partial charge in [-0.1, -0.05) is 13.5 Å². The molecule has 0 unspecified atom stereocenters. The second-order valence-corrected chi connectivity index (χ2v) is 10.7. The van der Waals surface area contributed by atoms with Crippen LogP contribution in [0.3, 0.4) is 0 Å². The minimum atomic E-state index is -1.88. The maximum atomic E-state index is 10.8. The second kappa shape index (κ2) is 6.62. The van der Waals surface area contributed by atoms with Crippen molar-refractivity contribution in [3.05, 3.63) is 12.4 Å². The molecule has 2 nitrogen and oxygen atoms in total. The van der Waals surface area contributed by atoms with Gasteiger partial charge in [-0.2, -0.15) is 0 Å². The molecule has 0 heterocycles. The van der Waals surface area contributed by atoms with E-state index in [1.54, 1.807) is 13.3 Å². The highest BCUT2D eigenvalue weighted by Gasteiger charge is 2.01. The molecular weight excluding hydrogens is 202 g/mol. The summed E-state index contributed by atoms with van der Waals surface area (Å²) >= 11 is 0. The van der Waals surface area contributed by atoms with E-state index in [1.165, 1.54) is 5.82 Å². The predicted molar refractivity (Wildman–Crippen MR) is 64.3 cm³/mol. The molecule has 0 saturated heterocycles. The summed E-state index contributed by atoms with van der Waals surface area (Å²) in [6.45, 7) is 12.4. The summed E-state index contributed by atoms with van der Waals surface area (Å²) in [5.41, 5.74) is 0. The van der Waals surface area contributed by atoms with E-state index in [-0.39, 0.29) is 0 Å². The Hall–Kier alpha value is 0.200. The average molecular weight is 224 g/mol. The highest BCUT2D eigenvalue weighted by molar-refractivity contribution is 7.65. The maximum Gasteiger partial charge on any atom is 0.102 e. The highest BCUT2D eigenvalue weighted by atomic mass is 31.2. The molecule has 0 aromatic carbocycles. The van der Waals surface area contributed by atoms with E-state index >= 15 is 0 Å². The third kappa shape index (κ3) is 24.5. The van der Waals surface area contributed by atoms with Gasteiger partial charge >= 0.3 is 0 Å². The summed E-state index contributed by atoms with van der Waals surface area (Å²) in [5, 5.41) is 0. The molecule has 0 aliphatic carbocycles. The fraction of sp³-hybridized carbons (Fsp3) is 0.778. The normalized spacial score (nSPS) is 11.5. The molecule has 0 amide bonds. The van der Waals surface area contributed by atoms with Crippen molar-refractivity contribution < 1.29 is 9.13 Å². The molecule has 13 heavy (non-hydrogen) atoms. The molecule has 0 bridgehead atoms. The van der Waals surface area contributed by atoms with E-state index in [0.29, 0.717) is 0 Å². The van der Waals surface area contributed by atoms with Crippen LogP contribution in [0, 0.1) is 0 Å². The molecule has 80 valence electrons. The van der Waals surface area contributed by atoms with Crippen molar-refractivity contribution in [2.45, 2.75) is 13.3 Å². The Labute approximate surface area is 82.6 Å². The lowest BCUT2D eigenvalue weighted by Gasteiger charge is -1.99. The van der Waals surface area contributed by atoms with E-state index in [2.05, 4.69) is 13.5 Å². The van der Waals surface area contributed by atoms with Crippen LogP contribution in [0.2, 0.25) is 0 Å². The lowest BCUT2D eigenvalue weighted by atomic mass is 10.6. The summed E-state index contributed by atoms with van der Waals surface area (Å²) in [6, 6.07) is 0. The van der Waals surface area contributed by atoms with Gasteiger partial charge in [0.25, 0.3) is 0 Å². The zero-order valence-corrected chi connectivity index (χ0v) is 11.2. The number of hydrogen-bond acceptors (Lipinski definition) is 2. The maximum absolute atomic E-state index is 10.8. The largest absolute Gasteiger partial charge is 0.324 e. The molecular formula is C9H22O2P2. The molecule has 0 rings (SSSR count). The van der Waals surface area contributed by atoms with E-state index in [4.69, 9.17) is 0 Å². The molecule has 4 heteroatoms. The molecule has 0 aromatic heterocycles. The van der Waals surface area contributed by atoms with Gasteiger partial charge in [0, 0.05) is 6.16 Å². The van der Waals surface area contributed by atoms with Crippen LogP contribution < -0.4 is 0 Å². The standard InChI is InChI=1S/C5H13OP.C4H9OP/c1-4-5-7(2,3)6;1-4-6(2,3)5/h4-5H2,1-3H3;4H,1H2,2-3H3. The first-order chi connectivity index (χ1) is 5.62. The van der Waals surface area contributed by atoms with Crippen LogP contribution in [0.4, 0.5) is 0 Å². The third-order valence-electron chi connectivity index (χ3n) is 1.20. The van der Waals surface area contributed by atoms with Crippen molar-refractivity contribution in [2.24, 2.45) is 0 Å². The van der Waals surface area contributed by atoms with E-state index in [0.717, 1.165) is 12.6 Å². The van der Waals surface area contributed by atoms with Crippen LogP contribution in [0.25, 0.3) is 0 Å². The van der Waals surface area contributed by atoms with Crippen LogP contribution in [-0.2, 0) is 9.13 Å². The van der Waals surface area contributed by atoms with Gasteiger partial charge in [-0.15, -0.1) is 0 Å². The topological polar surface area (TPSA) is 34.1 Å². The molecule has 0 atom stereocenters. The summed E-state index contributed by atoms with van der Waals surface area (Å²) in [6.07, 6.45) is 1.94. The first-order valence-corrected chi connectivity index (χ1v) is 9.80. The zero-order valence-electron chi connectivity index (χ0n) is 9.41.